The van der Waals surface area contributed by atoms with Gasteiger partial charge >= 0.3 is 12.1 Å². The van der Waals surface area contributed by atoms with Crippen molar-refractivity contribution in [3.05, 3.63) is 35.4 Å². The van der Waals surface area contributed by atoms with Gasteiger partial charge in [0.15, 0.2) is 5.78 Å². The molecule has 2 rings (SSSR count). The lowest BCUT2D eigenvalue weighted by atomic mass is 9.94. The second-order valence-corrected chi connectivity index (χ2v) is 7.90. The van der Waals surface area contributed by atoms with E-state index in [1.54, 1.807) is 45.0 Å². The molecule has 0 bridgehead atoms. The first-order valence-electron chi connectivity index (χ1n) is 9.34. The van der Waals surface area contributed by atoms with Crippen LogP contribution >= 0.6 is 0 Å². The molecule has 0 saturated heterocycles. The minimum Gasteiger partial charge on any atom is -0.467 e. The van der Waals surface area contributed by atoms with Crippen molar-refractivity contribution >= 4 is 23.6 Å². The second-order valence-electron chi connectivity index (χ2n) is 7.90. The molecule has 2 atom stereocenters. The molecule has 0 aliphatic heterocycles. The third kappa shape index (κ3) is 5.90. The van der Waals surface area contributed by atoms with Crippen LogP contribution in [-0.4, -0.2) is 42.4 Å². The first kappa shape index (κ1) is 21.6. The number of amides is 1. The van der Waals surface area contributed by atoms with E-state index >= 15 is 0 Å². The Labute approximate surface area is 164 Å². The highest BCUT2D eigenvalue weighted by molar-refractivity contribution is 6.11. The predicted molar refractivity (Wildman–Crippen MR) is 102 cm³/mol. The molecule has 1 amide bonds. The maximum Gasteiger partial charge on any atom is 0.408 e. The van der Waals surface area contributed by atoms with Gasteiger partial charge in [-0.3, -0.25) is 9.59 Å². The van der Waals surface area contributed by atoms with Crippen molar-refractivity contribution in [2.45, 2.75) is 58.1 Å². The number of rotatable bonds is 6. The van der Waals surface area contributed by atoms with E-state index in [9.17, 15) is 19.2 Å². The number of nitrogens with one attached hydrogen (secondary N) is 1. The number of ketones is 2. The summed E-state index contributed by atoms with van der Waals surface area (Å²) in [6.45, 7) is 5.18. The Morgan fingerprint density at radius 2 is 1.82 bits per heavy atom. The van der Waals surface area contributed by atoms with Crippen LogP contribution in [0.25, 0.3) is 0 Å². The normalized spacial score (nSPS) is 17.7. The first-order chi connectivity index (χ1) is 13.1. The monoisotopic (exact) mass is 389 g/mol. The van der Waals surface area contributed by atoms with Gasteiger partial charge in [0.2, 0.25) is 0 Å². The smallest absolute Gasteiger partial charge is 0.408 e. The SMILES string of the molecule is COC(=O)C(Cc1ccc(C(=O)C2CCCC2=O)cc1)NC(=O)OC(C)(C)C. The number of Topliss-reactive ketones (excluding diaryl/α,β-unsaturated/α-hetero) is 2. The lowest BCUT2D eigenvalue weighted by molar-refractivity contribution is -0.143. The van der Waals surface area contributed by atoms with Crippen LogP contribution in [0.5, 0.6) is 0 Å². The van der Waals surface area contributed by atoms with Gasteiger partial charge < -0.3 is 14.8 Å². The van der Waals surface area contributed by atoms with Gasteiger partial charge in [0, 0.05) is 18.4 Å². The van der Waals surface area contributed by atoms with Crippen LogP contribution in [0.15, 0.2) is 24.3 Å². The molecule has 152 valence electrons. The molecule has 0 aromatic heterocycles. The molecule has 1 aromatic carbocycles. The summed E-state index contributed by atoms with van der Waals surface area (Å²) >= 11 is 0. The summed E-state index contributed by atoms with van der Waals surface area (Å²) in [5.74, 6) is -1.29. The van der Waals surface area contributed by atoms with E-state index in [4.69, 9.17) is 9.47 Å². The van der Waals surface area contributed by atoms with E-state index in [1.807, 2.05) is 0 Å². The molecule has 7 heteroatoms. The van der Waals surface area contributed by atoms with Crippen molar-refractivity contribution in [1.29, 1.82) is 0 Å². The minimum absolute atomic E-state index is 0.00129. The number of carbonyl (C=O) groups is 4. The van der Waals surface area contributed by atoms with Gasteiger partial charge in [-0.15, -0.1) is 0 Å². The van der Waals surface area contributed by atoms with Crippen LogP contribution in [0.2, 0.25) is 0 Å². The molecule has 0 heterocycles. The first-order valence-corrected chi connectivity index (χ1v) is 9.34. The zero-order valence-electron chi connectivity index (χ0n) is 16.7. The van der Waals surface area contributed by atoms with Crippen LogP contribution in [0.4, 0.5) is 4.79 Å². The molecule has 1 N–H and O–H groups in total. The number of methoxy groups -OCH3 is 1. The van der Waals surface area contributed by atoms with Crippen molar-refractivity contribution in [3.8, 4) is 0 Å². The zero-order chi connectivity index (χ0) is 20.9. The number of esters is 1. The standard InChI is InChI=1S/C21H27NO6/c1-21(2,3)28-20(26)22-16(19(25)27-4)12-13-8-10-14(11-9-13)18(24)15-6-5-7-17(15)23/h8-11,15-16H,5-7,12H2,1-4H3,(H,22,26). The summed E-state index contributed by atoms with van der Waals surface area (Å²) in [5, 5.41) is 2.51. The second kappa shape index (κ2) is 8.99. The fourth-order valence-electron chi connectivity index (χ4n) is 3.12. The maximum atomic E-state index is 12.5. The molecular formula is C21H27NO6. The quantitative estimate of drug-likeness (QED) is 0.456. The lowest BCUT2D eigenvalue weighted by Gasteiger charge is -2.22. The van der Waals surface area contributed by atoms with Gasteiger partial charge in [0.05, 0.1) is 13.0 Å². The number of hydrogen-bond donors (Lipinski definition) is 1. The minimum atomic E-state index is -0.919. The zero-order valence-corrected chi connectivity index (χ0v) is 16.7. The predicted octanol–water partition coefficient (Wildman–Crippen LogP) is 2.85. The van der Waals surface area contributed by atoms with Crippen LogP contribution in [0.1, 0.15) is 56.0 Å². The van der Waals surface area contributed by atoms with Crippen molar-refractivity contribution in [2.75, 3.05) is 7.11 Å². The molecule has 1 aliphatic carbocycles. The van der Waals surface area contributed by atoms with E-state index in [2.05, 4.69) is 5.32 Å². The van der Waals surface area contributed by atoms with Gasteiger partial charge in [-0.05, 0) is 39.2 Å². The van der Waals surface area contributed by atoms with Gasteiger partial charge in [-0.1, -0.05) is 24.3 Å². The summed E-state index contributed by atoms with van der Waals surface area (Å²) in [4.78, 5) is 48.2. The molecule has 7 nitrogen and oxygen atoms in total. The number of carbonyl (C=O) groups excluding carboxylic acids is 4. The van der Waals surface area contributed by atoms with Gasteiger partial charge in [0.1, 0.15) is 17.4 Å². The molecular weight excluding hydrogens is 362 g/mol. The molecule has 1 aromatic rings. The van der Waals surface area contributed by atoms with Crippen molar-refractivity contribution in [3.63, 3.8) is 0 Å². The van der Waals surface area contributed by atoms with Crippen molar-refractivity contribution in [2.24, 2.45) is 5.92 Å². The summed E-state index contributed by atoms with van der Waals surface area (Å²) < 4.78 is 9.94. The third-order valence-electron chi connectivity index (χ3n) is 4.48. The number of hydrogen-bond acceptors (Lipinski definition) is 6. The molecule has 1 saturated carbocycles. The van der Waals surface area contributed by atoms with E-state index < -0.39 is 29.6 Å². The highest BCUT2D eigenvalue weighted by atomic mass is 16.6. The maximum absolute atomic E-state index is 12.5. The Kier molecular flexibility index (Phi) is 6.94. The number of benzene rings is 1. The Balaban J connectivity index is 2.05. The fraction of sp³-hybridized carbons (Fsp3) is 0.524. The lowest BCUT2D eigenvalue weighted by Crippen LogP contribution is -2.45. The average Bonchev–Trinajstić information content (AvgIpc) is 3.05. The molecule has 1 fully saturated rings. The highest BCUT2D eigenvalue weighted by Gasteiger charge is 2.31. The van der Waals surface area contributed by atoms with Gasteiger partial charge in [-0.2, -0.15) is 0 Å². The Bertz CT molecular complexity index is 747. The topological polar surface area (TPSA) is 98.8 Å². The summed E-state index contributed by atoms with van der Waals surface area (Å²) in [6.07, 6.45) is 1.29. The van der Waals surface area contributed by atoms with E-state index in [1.165, 1.54) is 7.11 Å². The van der Waals surface area contributed by atoms with Crippen LogP contribution in [0, 0.1) is 5.92 Å². The summed E-state index contributed by atoms with van der Waals surface area (Å²) in [5.41, 5.74) is 0.518. The van der Waals surface area contributed by atoms with Gasteiger partial charge in [0.25, 0.3) is 0 Å². The Hall–Kier alpha value is -2.70. The van der Waals surface area contributed by atoms with Crippen LogP contribution in [-0.2, 0) is 25.5 Å². The molecule has 28 heavy (non-hydrogen) atoms. The summed E-state index contributed by atoms with van der Waals surface area (Å²) in [6, 6.07) is 5.78. The number of alkyl carbamates (subject to hydrolysis) is 1. The highest BCUT2D eigenvalue weighted by Crippen LogP contribution is 2.25. The Morgan fingerprint density at radius 1 is 1.18 bits per heavy atom. The van der Waals surface area contributed by atoms with Gasteiger partial charge in [-0.25, -0.2) is 9.59 Å². The van der Waals surface area contributed by atoms with Crippen LogP contribution in [0.3, 0.4) is 0 Å². The Morgan fingerprint density at radius 3 is 2.32 bits per heavy atom. The van der Waals surface area contributed by atoms with E-state index in [-0.39, 0.29) is 18.0 Å². The van der Waals surface area contributed by atoms with E-state index in [0.29, 0.717) is 18.4 Å². The van der Waals surface area contributed by atoms with E-state index in [0.717, 1.165) is 12.0 Å². The summed E-state index contributed by atoms with van der Waals surface area (Å²) in [7, 11) is 1.24. The molecule has 0 spiro atoms. The number of ether oxygens (including phenoxy) is 2. The third-order valence-corrected chi connectivity index (χ3v) is 4.48. The fourth-order valence-corrected chi connectivity index (χ4v) is 3.12. The molecule has 2 unspecified atom stereocenters. The molecule has 0 radical (unpaired) electrons. The van der Waals surface area contributed by atoms with Crippen molar-refractivity contribution < 1.29 is 28.7 Å². The molecule has 1 aliphatic rings. The van der Waals surface area contributed by atoms with Crippen LogP contribution < -0.4 is 5.32 Å². The van der Waals surface area contributed by atoms with Crippen molar-refractivity contribution in [1.82, 2.24) is 5.32 Å². The average molecular weight is 389 g/mol. The largest absolute Gasteiger partial charge is 0.467 e.